The van der Waals surface area contributed by atoms with E-state index in [4.69, 9.17) is 0 Å². The number of fused-ring (bicyclic) bond motifs is 1. The molecular formula is C18H26N6. The molecule has 24 heavy (non-hydrogen) atoms. The third kappa shape index (κ3) is 4.41. The van der Waals surface area contributed by atoms with E-state index in [1.807, 2.05) is 26.1 Å². The minimum atomic E-state index is 0.847. The van der Waals surface area contributed by atoms with Crippen LogP contribution in [0.4, 0.5) is 11.6 Å². The number of rotatable bonds is 6. The molecule has 128 valence electrons. The van der Waals surface area contributed by atoms with Crippen LogP contribution in [0, 0.1) is 13.8 Å². The van der Waals surface area contributed by atoms with Crippen LogP contribution in [-0.4, -0.2) is 41.1 Å². The number of pyridine rings is 1. The van der Waals surface area contributed by atoms with E-state index in [0.717, 1.165) is 62.9 Å². The molecule has 1 aliphatic heterocycles. The summed E-state index contributed by atoms with van der Waals surface area (Å²) in [5.41, 5.74) is 3.65. The summed E-state index contributed by atoms with van der Waals surface area (Å²) in [6, 6.07) is 4.09. The maximum absolute atomic E-state index is 4.61. The van der Waals surface area contributed by atoms with Gasteiger partial charge in [-0.2, -0.15) is 0 Å². The number of aromatic nitrogens is 3. The van der Waals surface area contributed by atoms with E-state index in [1.165, 1.54) is 16.8 Å². The van der Waals surface area contributed by atoms with Crippen molar-refractivity contribution in [2.45, 2.75) is 33.1 Å². The highest BCUT2D eigenvalue weighted by Gasteiger charge is 2.15. The first-order valence-electron chi connectivity index (χ1n) is 8.70. The lowest BCUT2D eigenvalue weighted by Crippen LogP contribution is -2.16. The fourth-order valence-electron chi connectivity index (χ4n) is 2.90. The van der Waals surface area contributed by atoms with Gasteiger partial charge in [-0.15, -0.1) is 0 Å². The van der Waals surface area contributed by atoms with E-state index < -0.39 is 0 Å². The van der Waals surface area contributed by atoms with Gasteiger partial charge < -0.3 is 16.0 Å². The zero-order valence-electron chi connectivity index (χ0n) is 14.5. The molecule has 6 nitrogen and oxygen atoms in total. The largest absolute Gasteiger partial charge is 0.370 e. The van der Waals surface area contributed by atoms with Crippen LogP contribution in [0.3, 0.4) is 0 Å². The molecule has 2 aromatic heterocycles. The number of nitrogens with zero attached hydrogens (tertiary/aromatic N) is 3. The number of hydrogen-bond acceptors (Lipinski definition) is 6. The van der Waals surface area contributed by atoms with Gasteiger partial charge in [-0.3, -0.25) is 0 Å². The summed E-state index contributed by atoms with van der Waals surface area (Å²) in [4.78, 5) is 13.6. The van der Waals surface area contributed by atoms with Crippen LogP contribution in [0.2, 0.25) is 0 Å². The maximum Gasteiger partial charge on any atom is 0.133 e. The van der Waals surface area contributed by atoms with Crippen LogP contribution in [-0.2, 0) is 12.8 Å². The molecule has 6 heteroatoms. The molecule has 0 spiro atoms. The first kappa shape index (κ1) is 16.6. The molecule has 0 fully saturated rings. The molecule has 0 bridgehead atoms. The number of nitrogens with one attached hydrogen (secondary N) is 3. The molecule has 0 aromatic carbocycles. The fourth-order valence-corrected chi connectivity index (χ4v) is 2.90. The Labute approximate surface area is 143 Å². The van der Waals surface area contributed by atoms with Gasteiger partial charge in [0.15, 0.2) is 0 Å². The van der Waals surface area contributed by atoms with Gasteiger partial charge in [0.2, 0.25) is 0 Å². The fraction of sp³-hybridized carbons (Fsp3) is 0.500. The minimum Gasteiger partial charge on any atom is -0.370 e. The Balaban J connectivity index is 1.51. The highest BCUT2D eigenvalue weighted by atomic mass is 15.0. The van der Waals surface area contributed by atoms with Gasteiger partial charge in [0.25, 0.3) is 0 Å². The lowest BCUT2D eigenvalue weighted by molar-refractivity contribution is 0.708. The summed E-state index contributed by atoms with van der Waals surface area (Å²) in [6.07, 6.45) is 4.86. The van der Waals surface area contributed by atoms with Crippen molar-refractivity contribution in [3.63, 3.8) is 0 Å². The predicted molar refractivity (Wildman–Crippen MR) is 97.6 cm³/mol. The van der Waals surface area contributed by atoms with Gasteiger partial charge in [-0.1, -0.05) is 6.07 Å². The van der Waals surface area contributed by atoms with Crippen LogP contribution in [0.25, 0.3) is 0 Å². The SMILES string of the molecule is Cc1ccc(NCCCNc2nc(C)nc3c2CCNCC3)nc1. The van der Waals surface area contributed by atoms with Crippen LogP contribution in [0.15, 0.2) is 18.3 Å². The molecule has 1 aliphatic rings. The molecule has 0 unspecified atom stereocenters. The topological polar surface area (TPSA) is 74.8 Å². The molecule has 0 atom stereocenters. The van der Waals surface area contributed by atoms with Crippen molar-refractivity contribution < 1.29 is 0 Å². The van der Waals surface area contributed by atoms with E-state index in [1.54, 1.807) is 0 Å². The van der Waals surface area contributed by atoms with Crippen LogP contribution in [0.5, 0.6) is 0 Å². The molecule has 0 radical (unpaired) electrons. The highest BCUT2D eigenvalue weighted by molar-refractivity contribution is 5.47. The molecule has 0 saturated carbocycles. The van der Waals surface area contributed by atoms with Gasteiger partial charge in [0.1, 0.15) is 17.5 Å². The Morgan fingerprint density at radius 1 is 1.04 bits per heavy atom. The molecular weight excluding hydrogens is 300 g/mol. The van der Waals surface area contributed by atoms with Crippen molar-refractivity contribution in [2.24, 2.45) is 0 Å². The van der Waals surface area contributed by atoms with Gasteiger partial charge in [0, 0.05) is 37.8 Å². The molecule has 3 N–H and O–H groups in total. The van der Waals surface area contributed by atoms with Crippen LogP contribution >= 0.6 is 0 Å². The van der Waals surface area contributed by atoms with Crippen LogP contribution < -0.4 is 16.0 Å². The summed E-state index contributed by atoms with van der Waals surface area (Å²) >= 11 is 0. The van der Waals surface area contributed by atoms with Gasteiger partial charge >= 0.3 is 0 Å². The lowest BCUT2D eigenvalue weighted by atomic mass is 10.1. The second-order valence-electron chi connectivity index (χ2n) is 6.22. The van der Waals surface area contributed by atoms with Crippen molar-refractivity contribution in [3.8, 4) is 0 Å². The second-order valence-corrected chi connectivity index (χ2v) is 6.22. The Morgan fingerprint density at radius 3 is 2.71 bits per heavy atom. The van der Waals surface area contributed by atoms with Crippen molar-refractivity contribution >= 4 is 11.6 Å². The van der Waals surface area contributed by atoms with E-state index in [9.17, 15) is 0 Å². The normalized spacial score (nSPS) is 13.9. The average molecular weight is 326 g/mol. The molecule has 0 saturated heterocycles. The van der Waals surface area contributed by atoms with Gasteiger partial charge in [-0.05, 0) is 44.9 Å². The molecule has 2 aromatic rings. The smallest absolute Gasteiger partial charge is 0.133 e. The molecule has 3 heterocycles. The molecule has 3 rings (SSSR count). The predicted octanol–water partition coefficient (Wildman–Crippen LogP) is 2.09. The Hall–Kier alpha value is -2.21. The zero-order valence-corrected chi connectivity index (χ0v) is 14.5. The van der Waals surface area contributed by atoms with Crippen molar-refractivity contribution in [1.29, 1.82) is 0 Å². The summed E-state index contributed by atoms with van der Waals surface area (Å²) < 4.78 is 0. The van der Waals surface area contributed by atoms with Crippen molar-refractivity contribution in [2.75, 3.05) is 36.8 Å². The quantitative estimate of drug-likeness (QED) is 0.706. The van der Waals surface area contributed by atoms with E-state index in [-0.39, 0.29) is 0 Å². The summed E-state index contributed by atoms with van der Waals surface area (Å²) in [5, 5.41) is 10.3. The first-order valence-corrected chi connectivity index (χ1v) is 8.70. The highest BCUT2D eigenvalue weighted by Crippen LogP contribution is 2.19. The monoisotopic (exact) mass is 326 g/mol. The summed E-state index contributed by atoms with van der Waals surface area (Å²) in [5.74, 6) is 2.79. The first-order chi connectivity index (χ1) is 11.7. The van der Waals surface area contributed by atoms with Gasteiger partial charge in [0.05, 0.1) is 5.69 Å². The average Bonchev–Trinajstić information content (AvgIpc) is 2.81. The minimum absolute atomic E-state index is 0.847. The Kier molecular flexibility index (Phi) is 5.59. The standard InChI is InChI=1S/C18H26N6/c1-13-4-5-17(22-12-13)20-8-3-9-21-18-15-6-10-19-11-7-16(15)23-14(2)24-18/h4-5,12,19H,3,6-11H2,1-2H3,(H,20,22)(H,21,23,24). The second kappa shape index (κ2) is 8.06. The van der Waals surface area contributed by atoms with Gasteiger partial charge in [-0.25, -0.2) is 15.0 Å². The Bertz CT molecular complexity index is 668. The maximum atomic E-state index is 4.61. The number of aryl methyl sites for hydroxylation is 2. The van der Waals surface area contributed by atoms with Crippen LogP contribution in [0.1, 0.15) is 29.1 Å². The van der Waals surface area contributed by atoms with E-state index >= 15 is 0 Å². The zero-order chi connectivity index (χ0) is 16.8. The summed E-state index contributed by atoms with van der Waals surface area (Å²) in [6.45, 7) is 7.77. The molecule has 0 amide bonds. The Morgan fingerprint density at radius 2 is 1.88 bits per heavy atom. The van der Waals surface area contributed by atoms with E-state index in [2.05, 4.69) is 37.0 Å². The van der Waals surface area contributed by atoms with E-state index in [0.29, 0.717) is 0 Å². The van der Waals surface area contributed by atoms with Crippen molar-refractivity contribution in [3.05, 3.63) is 41.0 Å². The number of anilines is 2. The third-order valence-corrected chi connectivity index (χ3v) is 4.16. The molecule has 0 aliphatic carbocycles. The lowest BCUT2D eigenvalue weighted by Gasteiger charge is -2.14. The number of hydrogen-bond donors (Lipinski definition) is 3. The summed E-state index contributed by atoms with van der Waals surface area (Å²) in [7, 11) is 0. The third-order valence-electron chi connectivity index (χ3n) is 4.16. The van der Waals surface area contributed by atoms with Crippen molar-refractivity contribution in [1.82, 2.24) is 20.3 Å².